The number of carbonyl (C=O) groups is 3. The van der Waals surface area contributed by atoms with Gasteiger partial charge in [0.05, 0.1) is 38.5 Å². The minimum Gasteiger partial charge on any atom is -0.379 e. The lowest BCUT2D eigenvalue weighted by Crippen LogP contribution is -2.36. The molecule has 2 fully saturated rings. The Balaban J connectivity index is 0.00000243. The van der Waals surface area contributed by atoms with E-state index in [-0.39, 0.29) is 29.9 Å². The number of nitrogens with one attached hydrogen (secondary N) is 4. The lowest BCUT2D eigenvalue weighted by molar-refractivity contribution is -0.121. The molecule has 256 valence electrons. The van der Waals surface area contributed by atoms with Crippen LogP contribution in [0, 0.1) is 0 Å². The molecule has 10 nitrogen and oxygen atoms in total. The van der Waals surface area contributed by atoms with Crippen LogP contribution >= 0.6 is 11.8 Å². The van der Waals surface area contributed by atoms with Crippen LogP contribution in [0.5, 0.6) is 0 Å². The fourth-order valence-electron chi connectivity index (χ4n) is 4.77. The van der Waals surface area contributed by atoms with Gasteiger partial charge in [-0.05, 0) is 43.4 Å². The number of rotatable bonds is 22. The van der Waals surface area contributed by atoms with Crippen LogP contribution in [0.15, 0.2) is 30.8 Å². The predicted octanol–water partition coefficient (Wildman–Crippen LogP) is 5.17. The number of ether oxygens (including phenoxy) is 3. The van der Waals surface area contributed by atoms with Crippen LogP contribution in [0.2, 0.25) is 0 Å². The molecule has 0 aliphatic carbocycles. The molecule has 11 heteroatoms. The van der Waals surface area contributed by atoms with Gasteiger partial charge in [0.15, 0.2) is 0 Å². The van der Waals surface area contributed by atoms with E-state index in [1.165, 1.54) is 0 Å². The molecule has 4 N–H and O–H groups in total. The smallest absolute Gasteiger partial charge is 0.315 e. The van der Waals surface area contributed by atoms with Gasteiger partial charge in [-0.15, -0.1) is 0 Å². The minimum absolute atomic E-state index is 0.0402. The monoisotopic (exact) mass is 650 g/mol. The summed E-state index contributed by atoms with van der Waals surface area (Å²) in [5.74, 6) is 0.982. The van der Waals surface area contributed by atoms with Crippen molar-refractivity contribution in [1.82, 2.24) is 21.3 Å². The largest absolute Gasteiger partial charge is 0.379 e. The Morgan fingerprint density at radius 1 is 0.889 bits per heavy atom. The van der Waals surface area contributed by atoms with Gasteiger partial charge in [0, 0.05) is 49.3 Å². The van der Waals surface area contributed by atoms with Gasteiger partial charge in [-0.3, -0.25) is 9.59 Å². The number of thioether (sulfide) groups is 1. The van der Waals surface area contributed by atoms with Crippen LogP contribution in [-0.4, -0.2) is 93.7 Å². The Morgan fingerprint density at radius 3 is 2.20 bits per heavy atom. The summed E-state index contributed by atoms with van der Waals surface area (Å²) < 4.78 is 16.6. The Kier molecular flexibility index (Phi) is 23.9. The van der Waals surface area contributed by atoms with Crippen LogP contribution in [0.4, 0.5) is 4.79 Å². The van der Waals surface area contributed by atoms with Crippen molar-refractivity contribution in [2.75, 3.05) is 58.5 Å². The van der Waals surface area contributed by atoms with E-state index in [0.29, 0.717) is 70.0 Å². The summed E-state index contributed by atoms with van der Waals surface area (Å²) >= 11 is 1.93. The highest BCUT2D eigenvalue weighted by Crippen LogP contribution is 2.33. The molecule has 0 bridgehead atoms. The molecule has 2 aliphatic heterocycles. The van der Waals surface area contributed by atoms with Crippen molar-refractivity contribution in [3.63, 3.8) is 0 Å². The average molecular weight is 651 g/mol. The second kappa shape index (κ2) is 26.6. The summed E-state index contributed by atoms with van der Waals surface area (Å²) in [6, 6.07) is 7.83. The maximum Gasteiger partial charge on any atom is 0.315 e. The van der Waals surface area contributed by atoms with E-state index in [4.69, 9.17) is 14.2 Å². The third-order valence-electron chi connectivity index (χ3n) is 7.00. The molecular formula is C34H58N4O6S. The quantitative estimate of drug-likeness (QED) is 0.101. The minimum atomic E-state index is -0.0984. The van der Waals surface area contributed by atoms with Gasteiger partial charge in [0.1, 0.15) is 0 Å². The fourth-order valence-corrected chi connectivity index (χ4v) is 6.31. The number of hydrogen-bond acceptors (Lipinski definition) is 7. The van der Waals surface area contributed by atoms with Crippen molar-refractivity contribution in [3.05, 3.63) is 42.0 Å². The number of carbonyl (C=O) groups excluding carboxylic acids is 3. The average Bonchev–Trinajstić information content (AvgIpc) is 3.63. The van der Waals surface area contributed by atoms with E-state index in [2.05, 4.69) is 27.8 Å². The van der Waals surface area contributed by atoms with Crippen LogP contribution in [-0.2, 0) is 19.0 Å². The van der Waals surface area contributed by atoms with E-state index in [0.717, 1.165) is 49.8 Å². The topological polar surface area (TPSA) is 127 Å². The first kappa shape index (κ1) is 40.4. The highest BCUT2D eigenvalue weighted by atomic mass is 32.2. The highest BCUT2D eigenvalue weighted by molar-refractivity contribution is 8.00. The zero-order valence-electron chi connectivity index (χ0n) is 28.0. The normalized spacial score (nSPS) is 17.9. The van der Waals surface area contributed by atoms with Gasteiger partial charge < -0.3 is 35.5 Å². The van der Waals surface area contributed by atoms with Crippen LogP contribution in [0.3, 0.4) is 0 Å². The number of benzene rings is 1. The molecule has 0 aromatic heterocycles. The molecule has 0 saturated carbocycles. The summed E-state index contributed by atoms with van der Waals surface area (Å²) in [5.41, 5.74) is 1.54. The van der Waals surface area contributed by atoms with E-state index in [9.17, 15) is 14.4 Å². The van der Waals surface area contributed by atoms with Gasteiger partial charge in [-0.25, -0.2) is 4.79 Å². The molecule has 1 aromatic rings. The predicted molar refractivity (Wildman–Crippen MR) is 185 cm³/mol. The molecule has 2 aliphatic rings. The lowest BCUT2D eigenvalue weighted by atomic mass is 10.0. The van der Waals surface area contributed by atoms with Crippen molar-refractivity contribution >= 4 is 35.7 Å². The van der Waals surface area contributed by atoms with Crippen LogP contribution in [0.1, 0.15) is 88.6 Å². The Morgan fingerprint density at radius 2 is 1.53 bits per heavy atom. The van der Waals surface area contributed by atoms with E-state index >= 15 is 0 Å². The molecule has 2 saturated heterocycles. The molecule has 1 aromatic carbocycles. The first-order valence-corrected chi connectivity index (χ1v) is 17.8. The summed E-state index contributed by atoms with van der Waals surface area (Å²) in [4.78, 5) is 35.6. The van der Waals surface area contributed by atoms with Gasteiger partial charge >= 0.3 is 6.03 Å². The second-order valence-electron chi connectivity index (χ2n) is 10.2. The number of amides is 4. The summed E-state index contributed by atoms with van der Waals surface area (Å²) in [6.07, 6.45) is 7.85. The maximum atomic E-state index is 12.1. The summed E-state index contributed by atoms with van der Waals surface area (Å²) in [6.45, 7) is 16.0. The van der Waals surface area contributed by atoms with Gasteiger partial charge in [-0.1, -0.05) is 65.3 Å². The molecule has 0 radical (unpaired) electrons. The Hall–Kier alpha value is -2.60. The molecule has 0 spiro atoms. The van der Waals surface area contributed by atoms with Gasteiger partial charge in [0.2, 0.25) is 5.91 Å². The number of urea groups is 1. The molecule has 3 atom stereocenters. The van der Waals surface area contributed by atoms with Crippen LogP contribution in [0.25, 0.3) is 6.08 Å². The zero-order valence-corrected chi connectivity index (χ0v) is 28.8. The zero-order chi connectivity index (χ0) is 33.1. The van der Waals surface area contributed by atoms with Gasteiger partial charge in [0.25, 0.3) is 5.91 Å². The molecule has 2 heterocycles. The molecule has 3 rings (SSSR count). The first-order chi connectivity index (χ1) is 22.1. The maximum absolute atomic E-state index is 12.1. The number of unbranched alkanes of at least 4 members (excludes halogenated alkanes) is 2. The van der Waals surface area contributed by atoms with Crippen molar-refractivity contribution in [3.8, 4) is 0 Å². The van der Waals surface area contributed by atoms with Gasteiger partial charge in [-0.2, -0.15) is 11.8 Å². The standard InChI is InChI=1S/C30H46N4O6S.2C2H6/c1-2-23-9-6-10-24(21-23)29(36)32-14-8-16-39-18-20-40-19-17-38-15-7-13-31-27(35)12-5-3-4-11-26-28-25(22-41-26)33-30(37)34-28;2*1-2/h2,6,9-10,21,25-26,28H,1,3-5,7-8,11-20,22H2,(H,31,35)(H,32,36)(H2,33,34,37);2*1-2H3. The fraction of sp³-hybridized carbons (Fsp3) is 0.676. The van der Waals surface area contributed by atoms with Crippen molar-refractivity contribution < 1.29 is 28.6 Å². The van der Waals surface area contributed by atoms with Crippen molar-refractivity contribution in [1.29, 1.82) is 0 Å². The molecule has 4 amide bonds. The highest BCUT2D eigenvalue weighted by Gasteiger charge is 2.42. The summed E-state index contributed by atoms with van der Waals surface area (Å²) in [7, 11) is 0. The van der Waals surface area contributed by atoms with E-state index < -0.39 is 0 Å². The molecule has 45 heavy (non-hydrogen) atoms. The number of fused-ring (bicyclic) bond motifs is 1. The molecule has 3 unspecified atom stereocenters. The SMILES string of the molecule is C=Cc1cccc(C(=O)NCCCOCCOCCOCCCNC(=O)CCCCCC2SCC3NC(=O)NC32)c1.CC.CC. The first-order valence-electron chi connectivity index (χ1n) is 16.8. The van der Waals surface area contributed by atoms with E-state index in [1.807, 2.05) is 57.7 Å². The molecular weight excluding hydrogens is 592 g/mol. The van der Waals surface area contributed by atoms with Crippen LogP contribution < -0.4 is 21.3 Å². The Bertz CT molecular complexity index is 966. The third kappa shape index (κ3) is 17.6. The third-order valence-corrected chi connectivity index (χ3v) is 8.51. The van der Waals surface area contributed by atoms with E-state index in [1.54, 1.807) is 12.1 Å². The van der Waals surface area contributed by atoms with Crippen molar-refractivity contribution in [2.45, 2.75) is 90.0 Å². The summed E-state index contributed by atoms with van der Waals surface area (Å²) in [5, 5.41) is 12.3. The lowest BCUT2D eigenvalue weighted by Gasteiger charge is -2.16. The Labute approximate surface area is 275 Å². The van der Waals surface area contributed by atoms with Crippen molar-refractivity contribution in [2.24, 2.45) is 0 Å². The number of hydrogen-bond donors (Lipinski definition) is 4. The second-order valence-corrected chi connectivity index (χ2v) is 11.5.